The minimum Gasteiger partial charge on any atom is -0.497 e. The summed E-state index contributed by atoms with van der Waals surface area (Å²) in [6.45, 7) is 2.51. The molecule has 0 fully saturated rings. The fourth-order valence-electron chi connectivity index (χ4n) is 2.65. The lowest BCUT2D eigenvalue weighted by Crippen LogP contribution is -2.24. The zero-order chi connectivity index (χ0) is 19.1. The van der Waals surface area contributed by atoms with Gasteiger partial charge in [0, 0.05) is 5.69 Å². The van der Waals surface area contributed by atoms with Crippen molar-refractivity contribution in [2.45, 2.75) is 19.3 Å². The van der Waals surface area contributed by atoms with Gasteiger partial charge in [0.25, 0.3) is 0 Å². The topological polar surface area (TPSA) is 102 Å². The molecule has 3 rings (SSSR count). The van der Waals surface area contributed by atoms with Crippen LogP contribution in [0.25, 0.3) is 0 Å². The highest BCUT2D eigenvalue weighted by molar-refractivity contribution is 5.95. The average Bonchev–Trinajstić information content (AvgIpc) is 3.22. The fourth-order valence-corrected chi connectivity index (χ4v) is 2.65. The van der Waals surface area contributed by atoms with E-state index in [1.807, 2.05) is 43.3 Å². The van der Waals surface area contributed by atoms with Gasteiger partial charge in [0.1, 0.15) is 17.4 Å². The first-order valence-corrected chi connectivity index (χ1v) is 8.59. The van der Waals surface area contributed by atoms with E-state index in [0.717, 1.165) is 17.1 Å². The van der Waals surface area contributed by atoms with Gasteiger partial charge < -0.3 is 14.8 Å². The molecule has 1 amide bonds. The molecule has 0 spiro atoms. The van der Waals surface area contributed by atoms with Gasteiger partial charge in [0.15, 0.2) is 5.82 Å². The SMILES string of the molecule is CCOc1ccc(NC(=O)[C@H](Cc2ccc(OC)cc2)c2nn[nH]n2)cc1. The molecule has 27 heavy (non-hydrogen) atoms. The van der Waals surface area contributed by atoms with Gasteiger partial charge in [-0.15, -0.1) is 10.2 Å². The molecule has 2 aromatic carbocycles. The molecule has 8 heteroatoms. The van der Waals surface area contributed by atoms with Crippen LogP contribution in [0, 0.1) is 0 Å². The highest BCUT2D eigenvalue weighted by Gasteiger charge is 2.25. The van der Waals surface area contributed by atoms with Crippen molar-refractivity contribution >= 4 is 11.6 Å². The maximum absolute atomic E-state index is 12.9. The Balaban J connectivity index is 1.74. The first-order chi connectivity index (χ1) is 13.2. The summed E-state index contributed by atoms with van der Waals surface area (Å²) in [5.41, 5.74) is 1.64. The normalized spacial score (nSPS) is 11.6. The van der Waals surface area contributed by atoms with Gasteiger partial charge >= 0.3 is 0 Å². The molecule has 0 radical (unpaired) electrons. The van der Waals surface area contributed by atoms with Crippen molar-refractivity contribution in [3.05, 3.63) is 59.9 Å². The summed E-state index contributed by atoms with van der Waals surface area (Å²) in [7, 11) is 1.61. The Morgan fingerprint density at radius 2 is 1.81 bits per heavy atom. The number of nitrogens with zero attached hydrogens (tertiary/aromatic N) is 3. The molecule has 1 aromatic heterocycles. The second-order valence-electron chi connectivity index (χ2n) is 5.82. The van der Waals surface area contributed by atoms with E-state index in [4.69, 9.17) is 9.47 Å². The number of methoxy groups -OCH3 is 1. The predicted octanol–water partition coefficient (Wildman–Crippen LogP) is 2.57. The Morgan fingerprint density at radius 1 is 1.11 bits per heavy atom. The number of tetrazole rings is 1. The molecule has 3 aromatic rings. The first kappa shape index (κ1) is 18.4. The predicted molar refractivity (Wildman–Crippen MR) is 99.9 cm³/mol. The van der Waals surface area contributed by atoms with E-state index in [1.165, 1.54) is 0 Å². The highest BCUT2D eigenvalue weighted by Crippen LogP contribution is 2.22. The Bertz CT molecular complexity index is 848. The molecule has 0 bridgehead atoms. The van der Waals surface area contributed by atoms with Gasteiger partial charge in [-0.2, -0.15) is 5.21 Å². The summed E-state index contributed by atoms with van der Waals surface area (Å²) >= 11 is 0. The number of amides is 1. The molecule has 140 valence electrons. The number of H-pyrrole nitrogens is 1. The van der Waals surface area contributed by atoms with Crippen LogP contribution in [0.4, 0.5) is 5.69 Å². The number of carbonyl (C=O) groups is 1. The number of ether oxygens (including phenoxy) is 2. The molecule has 0 aliphatic rings. The van der Waals surface area contributed by atoms with Crippen molar-refractivity contribution < 1.29 is 14.3 Å². The van der Waals surface area contributed by atoms with E-state index in [9.17, 15) is 4.79 Å². The van der Waals surface area contributed by atoms with Crippen molar-refractivity contribution in [1.29, 1.82) is 0 Å². The Morgan fingerprint density at radius 3 is 2.41 bits per heavy atom. The van der Waals surface area contributed by atoms with Gasteiger partial charge in [-0.1, -0.05) is 17.3 Å². The summed E-state index contributed by atoms with van der Waals surface area (Å²) in [6, 6.07) is 14.7. The van der Waals surface area contributed by atoms with E-state index < -0.39 is 5.92 Å². The molecule has 2 N–H and O–H groups in total. The number of aromatic amines is 1. The van der Waals surface area contributed by atoms with Gasteiger partial charge in [0.2, 0.25) is 5.91 Å². The van der Waals surface area contributed by atoms with Gasteiger partial charge in [-0.25, -0.2) is 0 Å². The second kappa shape index (κ2) is 8.79. The third-order valence-electron chi connectivity index (χ3n) is 4.02. The minimum atomic E-state index is -0.580. The molecule has 1 atom stereocenters. The summed E-state index contributed by atoms with van der Waals surface area (Å²) < 4.78 is 10.6. The maximum atomic E-state index is 12.9. The van der Waals surface area contributed by atoms with Crippen LogP contribution in [0.15, 0.2) is 48.5 Å². The molecule has 0 saturated carbocycles. The third-order valence-corrected chi connectivity index (χ3v) is 4.02. The number of anilines is 1. The summed E-state index contributed by atoms with van der Waals surface area (Å²) in [4.78, 5) is 12.9. The Kier molecular flexibility index (Phi) is 5.98. The van der Waals surface area contributed by atoms with E-state index in [0.29, 0.717) is 24.5 Å². The average molecular weight is 367 g/mol. The van der Waals surface area contributed by atoms with Crippen LogP contribution in [-0.4, -0.2) is 40.2 Å². The Labute approximate surface area is 156 Å². The fraction of sp³-hybridized carbons (Fsp3) is 0.263. The number of benzene rings is 2. The van der Waals surface area contributed by atoms with Gasteiger partial charge in [-0.05, 0) is 55.3 Å². The van der Waals surface area contributed by atoms with Crippen molar-refractivity contribution in [3.63, 3.8) is 0 Å². The second-order valence-corrected chi connectivity index (χ2v) is 5.82. The van der Waals surface area contributed by atoms with Crippen molar-refractivity contribution in [3.8, 4) is 11.5 Å². The van der Waals surface area contributed by atoms with E-state index >= 15 is 0 Å². The van der Waals surface area contributed by atoms with E-state index in [1.54, 1.807) is 19.2 Å². The third kappa shape index (κ3) is 4.81. The molecular formula is C19H21N5O3. The van der Waals surface area contributed by atoms with Crippen LogP contribution in [-0.2, 0) is 11.2 Å². The summed E-state index contributed by atoms with van der Waals surface area (Å²) in [5.74, 6) is 1.06. The van der Waals surface area contributed by atoms with Crippen LogP contribution in [0.5, 0.6) is 11.5 Å². The zero-order valence-corrected chi connectivity index (χ0v) is 15.2. The first-order valence-electron chi connectivity index (χ1n) is 8.59. The number of aromatic nitrogens is 4. The number of rotatable bonds is 8. The monoisotopic (exact) mass is 367 g/mol. The van der Waals surface area contributed by atoms with Crippen LogP contribution < -0.4 is 14.8 Å². The molecule has 0 saturated heterocycles. The largest absolute Gasteiger partial charge is 0.497 e. The maximum Gasteiger partial charge on any atom is 0.235 e. The lowest BCUT2D eigenvalue weighted by atomic mass is 9.97. The van der Waals surface area contributed by atoms with Crippen LogP contribution in [0.1, 0.15) is 24.2 Å². The standard InChI is InChI=1S/C19H21N5O3/c1-3-27-16-10-6-14(7-11-16)20-19(25)17(18-21-23-24-22-18)12-13-4-8-15(26-2)9-5-13/h4-11,17H,3,12H2,1-2H3,(H,20,25)(H,21,22,23,24)/t17-/m1/s1. The van der Waals surface area contributed by atoms with E-state index in [2.05, 4.69) is 25.9 Å². The smallest absolute Gasteiger partial charge is 0.235 e. The zero-order valence-electron chi connectivity index (χ0n) is 15.2. The molecular weight excluding hydrogens is 346 g/mol. The van der Waals surface area contributed by atoms with Crippen LogP contribution in [0.3, 0.4) is 0 Å². The van der Waals surface area contributed by atoms with E-state index in [-0.39, 0.29) is 5.91 Å². The van der Waals surface area contributed by atoms with Crippen molar-refractivity contribution in [2.75, 3.05) is 19.0 Å². The van der Waals surface area contributed by atoms with Crippen molar-refractivity contribution in [2.24, 2.45) is 0 Å². The molecule has 0 unspecified atom stereocenters. The molecule has 8 nitrogen and oxygen atoms in total. The highest BCUT2D eigenvalue weighted by atomic mass is 16.5. The lowest BCUT2D eigenvalue weighted by Gasteiger charge is -2.14. The van der Waals surface area contributed by atoms with Crippen LogP contribution in [0.2, 0.25) is 0 Å². The van der Waals surface area contributed by atoms with Gasteiger partial charge in [0.05, 0.1) is 13.7 Å². The number of hydrogen-bond donors (Lipinski definition) is 2. The quantitative estimate of drug-likeness (QED) is 0.634. The molecule has 1 heterocycles. The van der Waals surface area contributed by atoms with Crippen LogP contribution >= 0.6 is 0 Å². The van der Waals surface area contributed by atoms with Gasteiger partial charge in [-0.3, -0.25) is 4.79 Å². The molecule has 0 aliphatic heterocycles. The number of nitrogens with one attached hydrogen (secondary N) is 2. The summed E-state index contributed by atoms with van der Waals surface area (Å²) in [5, 5.41) is 16.9. The number of carbonyl (C=O) groups excluding carboxylic acids is 1. The lowest BCUT2D eigenvalue weighted by molar-refractivity contribution is -0.117. The van der Waals surface area contributed by atoms with Crippen molar-refractivity contribution in [1.82, 2.24) is 20.6 Å². The number of hydrogen-bond acceptors (Lipinski definition) is 6. The minimum absolute atomic E-state index is 0.212. The Hall–Kier alpha value is -3.42. The summed E-state index contributed by atoms with van der Waals surface area (Å²) in [6.07, 6.45) is 0.437. The molecule has 0 aliphatic carbocycles.